The highest BCUT2D eigenvalue weighted by atomic mass is 19.4. The van der Waals surface area contributed by atoms with E-state index < -0.39 is 12.1 Å². The minimum Gasteiger partial charge on any atom is -0.376 e. The number of urea groups is 1. The summed E-state index contributed by atoms with van der Waals surface area (Å²) in [5.74, 6) is -1.13. The van der Waals surface area contributed by atoms with Crippen molar-refractivity contribution in [3.63, 3.8) is 0 Å². The van der Waals surface area contributed by atoms with Crippen LogP contribution in [0, 0.1) is 5.92 Å². The van der Waals surface area contributed by atoms with Gasteiger partial charge in [0.05, 0.1) is 6.10 Å². The van der Waals surface area contributed by atoms with Crippen LogP contribution in [0.3, 0.4) is 0 Å². The third kappa shape index (κ3) is 5.00. The SMILES string of the molecule is CC(C)COC1CCN(C(=O)Nc2ccc(-c3noc(C(F)(F)F)n3)cc2)C1. The lowest BCUT2D eigenvalue weighted by atomic mass is 10.2. The van der Waals surface area contributed by atoms with Crippen molar-refractivity contribution >= 4 is 11.7 Å². The van der Waals surface area contributed by atoms with E-state index in [1.165, 1.54) is 12.1 Å². The van der Waals surface area contributed by atoms with E-state index in [4.69, 9.17) is 4.74 Å². The van der Waals surface area contributed by atoms with Crippen molar-refractivity contribution in [1.82, 2.24) is 15.0 Å². The molecular formula is C18H21F3N4O3. The lowest BCUT2D eigenvalue weighted by Crippen LogP contribution is -2.34. The summed E-state index contributed by atoms with van der Waals surface area (Å²) in [4.78, 5) is 17.4. The number of carbonyl (C=O) groups is 1. The number of amides is 2. The van der Waals surface area contributed by atoms with Crippen LogP contribution in [0.5, 0.6) is 0 Å². The molecule has 28 heavy (non-hydrogen) atoms. The molecule has 0 saturated carbocycles. The summed E-state index contributed by atoms with van der Waals surface area (Å²) in [7, 11) is 0. The zero-order valence-corrected chi connectivity index (χ0v) is 15.5. The molecule has 2 amide bonds. The van der Waals surface area contributed by atoms with Gasteiger partial charge in [0.25, 0.3) is 0 Å². The van der Waals surface area contributed by atoms with Crippen LogP contribution >= 0.6 is 0 Å². The number of ether oxygens (including phenoxy) is 1. The van der Waals surface area contributed by atoms with Gasteiger partial charge in [0.1, 0.15) is 0 Å². The first-order valence-corrected chi connectivity index (χ1v) is 8.91. The quantitative estimate of drug-likeness (QED) is 0.822. The van der Waals surface area contributed by atoms with Gasteiger partial charge in [-0.25, -0.2) is 4.79 Å². The molecule has 7 nitrogen and oxygen atoms in total. The van der Waals surface area contributed by atoms with Crippen molar-refractivity contribution in [1.29, 1.82) is 0 Å². The van der Waals surface area contributed by atoms with Gasteiger partial charge in [-0.2, -0.15) is 18.2 Å². The predicted octanol–water partition coefficient (Wildman–Crippen LogP) is 4.03. The number of carbonyl (C=O) groups excluding carboxylic acids is 1. The third-order valence-electron chi connectivity index (χ3n) is 4.16. The molecule has 1 atom stereocenters. The Morgan fingerprint density at radius 3 is 2.68 bits per heavy atom. The van der Waals surface area contributed by atoms with Gasteiger partial charge >= 0.3 is 18.1 Å². The molecule has 10 heteroatoms. The monoisotopic (exact) mass is 398 g/mol. The van der Waals surface area contributed by atoms with Gasteiger partial charge in [-0.15, -0.1) is 0 Å². The second-order valence-corrected chi connectivity index (χ2v) is 7.01. The first-order chi connectivity index (χ1) is 13.2. The average Bonchev–Trinajstić information content (AvgIpc) is 3.30. The summed E-state index contributed by atoms with van der Waals surface area (Å²) < 4.78 is 47.6. The molecule has 0 bridgehead atoms. The second-order valence-electron chi connectivity index (χ2n) is 7.01. The maximum Gasteiger partial charge on any atom is 0.471 e. The summed E-state index contributed by atoms with van der Waals surface area (Å²) in [6.07, 6.45) is -3.86. The fraction of sp³-hybridized carbons (Fsp3) is 0.500. The Morgan fingerprint density at radius 2 is 2.07 bits per heavy atom. The molecule has 2 heterocycles. The first kappa shape index (κ1) is 20.1. The van der Waals surface area contributed by atoms with Crippen LogP contribution in [0.25, 0.3) is 11.4 Å². The number of likely N-dealkylation sites (tertiary alicyclic amines) is 1. The fourth-order valence-electron chi connectivity index (χ4n) is 2.74. The number of nitrogens with zero attached hydrogens (tertiary/aromatic N) is 3. The fourth-order valence-corrected chi connectivity index (χ4v) is 2.74. The zero-order valence-electron chi connectivity index (χ0n) is 15.5. The van der Waals surface area contributed by atoms with Crippen LogP contribution in [0.1, 0.15) is 26.2 Å². The molecule has 1 unspecified atom stereocenters. The summed E-state index contributed by atoms with van der Waals surface area (Å²) in [6, 6.07) is 5.92. The Balaban J connectivity index is 1.56. The Hall–Kier alpha value is -2.62. The number of alkyl halides is 3. The van der Waals surface area contributed by atoms with E-state index in [9.17, 15) is 18.0 Å². The van der Waals surface area contributed by atoms with Gasteiger partial charge in [-0.1, -0.05) is 19.0 Å². The van der Waals surface area contributed by atoms with Crippen LogP contribution in [-0.4, -0.2) is 46.9 Å². The average molecular weight is 398 g/mol. The van der Waals surface area contributed by atoms with Gasteiger partial charge in [0.15, 0.2) is 0 Å². The molecule has 152 valence electrons. The summed E-state index contributed by atoms with van der Waals surface area (Å²) in [5.41, 5.74) is 0.861. The molecule has 3 rings (SSSR count). The van der Waals surface area contributed by atoms with E-state index in [2.05, 4.69) is 33.8 Å². The van der Waals surface area contributed by atoms with E-state index in [0.717, 1.165) is 6.42 Å². The first-order valence-electron chi connectivity index (χ1n) is 8.91. The second kappa shape index (κ2) is 8.17. The van der Waals surface area contributed by atoms with E-state index >= 15 is 0 Å². The van der Waals surface area contributed by atoms with Crippen molar-refractivity contribution in [3.8, 4) is 11.4 Å². The molecule has 1 saturated heterocycles. The minimum atomic E-state index is -4.69. The largest absolute Gasteiger partial charge is 0.471 e. The van der Waals surface area contributed by atoms with Gasteiger partial charge in [-0.3, -0.25) is 0 Å². The molecule has 1 aliphatic rings. The molecule has 0 spiro atoms. The van der Waals surface area contributed by atoms with Gasteiger partial charge in [0, 0.05) is 30.9 Å². The van der Waals surface area contributed by atoms with Crippen molar-refractivity contribution in [3.05, 3.63) is 30.2 Å². The van der Waals surface area contributed by atoms with Crippen molar-refractivity contribution in [2.75, 3.05) is 25.0 Å². The van der Waals surface area contributed by atoms with Gasteiger partial charge in [0.2, 0.25) is 5.82 Å². The maximum absolute atomic E-state index is 12.5. The molecule has 0 radical (unpaired) electrons. The van der Waals surface area contributed by atoms with Gasteiger partial charge in [-0.05, 0) is 36.6 Å². The number of hydrogen-bond acceptors (Lipinski definition) is 5. The Labute approximate surface area is 159 Å². The number of anilines is 1. The van der Waals surface area contributed by atoms with Crippen molar-refractivity contribution in [2.24, 2.45) is 5.92 Å². The standard InChI is InChI=1S/C18H21F3N4O3/c1-11(2)10-27-14-7-8-25(9-14)17(26)22-13-5-3-12(4-6-13)15-23-16(28-24-15)18(19,20)21/h3-6,11,14H,7-10H2,1-2H3,(H,22,26). The highest BCUT2D eigenvalue weighted by molar-refractivity contribution is 5.89. The smallest absolute Gasteiger partial charge is 0.376 e. The molecule has 1 aromatic heterocycles. The van der Waals surface area contributed by atoms with E-state index in [0.29, 0.717) is 36.9 Å². The highest BCUT2D eigenvalue weighted by Crippen LogP contribution is 2.29. The number of rotatable bonds is 5. The summed E-state index contributed by atoms with van der Waals surface area (Å²) >= 11 is 0. The van der Waals surface area contributed by atoms with Crippen molar-refractivity contribution in [2.45, 2.75) is 32.5 Å². The molecule has 1 fully saturated rings. The van der Waals surface area contributed by atoms with Crippen LogP contribution in [-0.2, 0) is 10.9 Å². The number of halogens is 3. The van der Waals surface area contributed by atoms with Crippen LogP contribution < -0.4 is 5.32 Å². The van der Waals surface area contributed by atoms with E-state index in [1.54, 1.807) is 17.0 Å². The minimum absolute atomic E-state index is 0.0385. The molecular weight excluding hydrogens is 377 g/mol. The Morgan fingerprint density at radius 1 is 1.36 bits per heavy atom. The Kier molecular flexibility index (Phi) is 5.87. The maximum atomic E-state index is 12.5. The number of aromatic nitrogens is 2. The number of nitrogens with one attached hydrogen (secondary N) is 1. The topological polar surface area (TPSA) is 80.5 Å². The predicted molar refractivity (Wildman–Crippen MR) is 94.5 cm³/mol. The molecule has 1 aromatic carbocycles. The Bertz CT molecular complexity index is 805. The van der Waals surface area contributed by atoms with E-state index in [1.807, 2.05) is 0 Å². The zero-order chi connectivity index (χ0) is 20.3. The lowest BCUT2D eigenvalue weighted by molar-refractivity contribution is -0.159. The number of benzene rings is 1. The van der Waals surface area contributed by atoms with Crippen LogP contribution in [0.4, 0.5) is 23.7 Å². The molecule has 1 aliphatic heterocycles. The summed E-state index contributed by atoms with van der Waals surface area (Å²) in [5, 5.41) is 6.09. The van der Waals surface area contributed by atoms with Crippen molar-refractivity contribution < 1.29 is 27.2 Å². The normalized spacial score (nSPS) is 17.4. The third-order valence-corrected chi connectivity index (χ3v) is 4.16. The highest BCUT2D eigenvalue weighted by Gasteiger charge is 2.38. The summed E-state index contributed by atoms with van der Waals surface area (Å²) in [6.45, 7) is 5.94. The molecule has 0 aliphatic carbocycles. The lowest BCUT2D eigenvalue weighted by Gasteiger charge is -2.18. The van der Waals surface area contributed by atoms with Crippen LogP contribution in [0.2, 0.25) is 0 Å². The van der Waals surface area contributed by atoms with E-state index in [-0.39, 0.29) is 18.0 Å². The number of hydrogen-bond donors (Lipinski definition) is 1. The van der Waals surface area contributed by atoms with Gasteiger partial charge < -0.3 is 19.5 Å². The molecule has 2 aromatic rings. The molecule has 1 N–H and O–H groups in total. The van der Waals surface area contributed by atoms with Crippen LogP contribution in [0.15, 0.2) is 28.8 Å².